The second-order valence-electron chi connectivity index (χ2n) is 4.99. The molecule has 3 rings (SSSR count). The molecule has 1 heterocycles. The van der Waals surface area contributed by atoms with Gasteiger partial charge in [0.15, 0.2) is 5.13 Å². The molecule has 0 aliphatic rings. The van der Waals surface area contributed by atoms with Crippen molar-refractivity contribution in [2.24, 2.45) is 0 Å². The number of thiazole rings is 1. The van der Waals surface area contributed by atoms with Crippen LogP contribution in [-0.2, 0) is 10.0 Å². The van der Waals surface area contributed by atoms with Gasteiger partial charge in [0.2, 0.25) is 0 Å². The Morgan fingerprint density at radius 1 is 1.15 bits per heavy atom. The SMILES string of the molecule is Nc1cc(Sc2ccc(S(=O)(=O)Nc3nccs3)cc2)ccc1[N+](=O)[O-]. The lowest BCUT2D eigenvalue weighted by molar-refractivity contribution is -0.383. The molecule has 0 radical (unpaired) electrons. The van der Waals surface area contributed by atoms with Crippen molar-refractivity contribution in [1.29, 1.82) is 0 Å². The standard InChI is InChI=1S/C15H12N4O4S3/c16-13-9-11(3-6-14(13)19(20)21)25-10-1-4-12(5-2-10)26(22,23)18-15-17-7-8-24-15/h1-9H,16H2,(H,17,18). The normalized spacial score (nSPS) is 11.2. The van der Waals surface area contributed by atoms with Gasteiger partial charge in [-0.05, 0) is 36.4 Å². The smallest absolute Gasteiger partial charge is 0.292 e. The van der Waals surface area contributed by atoms with Gasteiger partial charge >= 0.3 is 0 Å². The van der Waals surface area contributed by atoms with E-state index in [0.717, 1.165) is 4.90 Å². The number of nitrogens with one attached hydrogen (secondary N) is 1. The Hall–Kier alpha value is -2.63. The summed E-state index contributed by atoms with van der Waals surface area (Å²) < 4.78 is 27.0. The number of aromatic nitrogens is 1. The van der Waals surface area contributed by atoms with E-state index in [1.54, 1.807) is 23.6 Å². The summed E-state index contributed by atoms with van der Waals surface area (Å²) in [5.74, 6) is 0. The summed E-state index contributed by atoms with van der Waals surface area (Å²) in [6.45, 7) is 0. The van der Waals surface area contributed by atoms with E-state index in [-0.39, 0.29) is 16.3 Å². The predicted molar refractivity (Wildman–Crippen MR) is 101 cm³/mol. The molecule has 0 spiro atoms. The van der Waals surface area contributed by atoms with Gasteiger partial charge in [-0.3, -0.25) is 14.8 Å². The van der Waals surface area contributed by atoms with Crippen LogP contribution in [0.15, 0.2) is 68.7 Å². The minimum absolute atomic E-state index is 0.0758. The summed E-state index contributed by atoms with van der Waals surface area (Å²) >= 11 is 2.51. The molecule has 0 amide bonds. The van der Waals surface area contributed by atoms with Crippen LogP contribution in [0.2, 0.25) is 0 Å². The van der Waals surface area contributed by atoms with Crippen LogP contribution in [0.5, 0.6) is 0 Å². The molecule has 0 saturated heterocycles. The van der Waals surface area contributed by atoms with Crippen LogP contribution >= 0.6 is 23.1 Å². The van der Waals surface area contributed by atoms with Crippen LogP contribution < -0.4 is 10.5 Å². The number of hydrogen-bond acceptors (Lipinski definition) is 8. The van der Waals surface area contributed by atoms with E-state index in [1.807, 2.05) is 0 Å². The highest BCUT2D eigenvalue weighted by molar-refractivity contribution is 7.99. The van der Waals surface area contributed by atoms with E-state index in [0.29, 0.717) is 10.0 Å². The second-order valence-corrected chi connectivity index (χ2v) is 8.72. The van der Waals surface area contributed by atoms with Gasteiger partial charge in [0.05, 0.1) is 9.82 Å². The van der Waals surface area contributed by atoms with Crippen LogP contribution in [0.1, 0.15) is 0 Å². The fourth-order valence-corrected chi connectivity index (χ4v) is 4.69. The first-order chi connectivity index (χ1) is 12.3. The maximum absolute atomic E-state index is 12.3. The van der Waals surface area contributed by atoms with Crippen molar-refractivity contribution in [2.45, 2.75) is 14.7 Å². The van der Waals surface area contributed by atoms with Crippen LogP contribution in [-0.4, -0.2) is 18.3 Å². The van der Waals surface area contributed by atoms with Gasteiger partial charge in [-0.2, -0.15) is 0 Å². The summed E-state index contributed by atoms with van der Waals surface area (Å²) in [6, 6.07) is 10.7. The zero-order chi connectivity index (χ0) is 18.7. The highest BCUT2D eigenvalue weighted by Gasteiger charge is 2.16. The van der Waals surface area contributed by atoms with Crippen molar-refractivity contribution >= 4 is 49.6 Å². The molecule has 11 heteroatoms. The molecule has 1 aromatic heterocycles. The third kappa shape index (κ3) is 4.12. The maximum Gasteiger partial charge on any atom is 0.292 e. The third-order valence-electron chi connectivity index (χ3n) is 3.22. The lowest BCUT2D eigenvalue weighted by atomic mass is 10.3. The zero-order valence-electron chi connectivity index (χ0n) is 13.0. The monoisotopic (exact) mass is 408 g/mol. The number of nitro groups is 1. The molecular weight excluding hydrogens is 396 g/mol. The molecule has 0 aliphatic carbocycles. The molecule has 0 fully saturated rings. The van der Waals surface area contributed by atoms with Crippen molar-refractivity contribution in [3.8, 4) is 0 Å². The van der Waals surface area contributed by atoms with Gasteiger partial charge in [0.25, 0.3) is 15.7 Å². The molecule has 26 heavy (non-hydrogen) atoms. The van der Waals surface area contributed by atoms with E-state index in [1.165, 1.54) is 53.6 Å². The van der Waals surface area contributed by atoms with E-state index in [2.05, 4.69) is 9.71 Å². The van der Waals surface area contributed by atoms with Gasteiger partial charge < -0.3 is 5.73 Å². The molecule has 0 bridgehead atoms. The molecule has 3 aromatic rings. The Morgan fingerprint density at radius 3 is 2.42 bits per heavy atom. The van der Waals surface area contributed by atoms with Crippen molar-refractivity contribution in [1.82, 2.24) is 4.98 Å². The number of sulfonamides is 1. The molecule has 3 N–H and O–H groups in total. The van der Waals surface area contributed by atoms with Crippen molar-refractivity contribution < 1.29 is 13.3 Å². The Balaban J connectivity index is 1.75. The summed E-state index contributed by atoms with van der Waals surface area (Å²) in [4.78, 5) is 15.7. The van der Waals surface area contributed by atoms with E-state index < -0.39 is 14.9 Å². The molecule has 134 valence electrons. The van der Waals surface area contributed by atoms with E-state index in [9.17, 15) is 18.5 Å². The first-order valence-electron chi connectivity index (χ1n) is 7.09. The Morgan fingerprint density at radius 2 is 1.85 bits per heavy atom. The van der Waals surface area contributed by atoms with Crippen molar-refractivity contribution in [2.75, 3.05) is 10.5 Å². The Kier molecular flexibility index (Phi) is 5.11. The molecular formula is C15H12N4O4S3. The molecule has 8 nitrogen and oxygen atoms in total. The third-order valence-corrected chi connectivity index (χ3v) is 6.39. The molecule has 0 unspecified atom stereocenters. The fourth-order valence-electron chi connectivity index (χ4n) is 2.03. The van der Waals surface area contributed by atoms with Gasteiger partial charge in [0.1, 0.15) is 5.69 Å². The first kappa shape index (κ1) is 18.2. The highest BCUT2D eigenvalue weighted by atomic mass is 32.2. The Labute approximate surface area is 157 Å². The minimum Gasteiger partial charge on any atom is -0.393 e. The number of nitrogen functional groups attached to an aromatic ring is 1. The lowest BCUT2D eigenvalue weighted by Gasteiger charge is -2.07. The van der Waals surface area contributed by atoms with Crippen LogP contribution in [0.4, 0.5) is 16.5 Å². The first-order valence-corrected chi connectivity index (χ1v) is 10.3. The summed E-state index contributed by atoms with van der Waals surface area (Å²) in [5.41, 5.74) is 5.60. The molecule has 0 atom stereocenters. The highest BCUT2D eigenvalue weighted by Crippen LogP contribution is 2.33. The van der Waals surface area contributed by atoms with E-state index >= 15 is 0 Å². The number of nitrogens with zero attached hydrogens (tertiary/aromatic N) is 2. The summed E-state index contributed by atoms with van der Waals surface area (Å²) in [7, 11) is -3.70. The van der Waals surface area contributed by atoms with Gasteiger partial charge in [-0.25, -0.2) is 13.4 Å². The number of nitro benzene ring substituents is 1. The van der Waals surface area contributed by atoms with Crippen LogP contribution in [0.3, 0.4) is 0 Å². The number of hydrogen-bond donors (Lipinski definition) is 2. The average molecular weight is 408 g/mol. The van der Waals surface area contributed by atoms with Gasteiger partial charge in [-0.1, -0.05) is 11.8 Å². The average Bonchev–Trinajstić information content (AvgIpc) is 3.07. The predicted octanol–water partition coefficient (Wildman–Crippen LogP) is 3.59. The van der Waals surface area contributed by atoms with E-state index in [4.69, 9.17) is 5.73 Å². The molecule has 0 saturated carbocycles. The van der Waals surface area contributed by atoms with Crippen LogP contribution in [0.25, 0.3) is 0 Å². The quantitative estimate of drug-likeness (QED) is 0.362. The molecule has 0 aliphatic heterocycles. The topological polar surface area (TPSA) is 128 Å². The van der Waals surface area contributed by atoms with Crippen molar-refractivity contribution in [3.05, 3.63) is 64.2 Å². The second kappa shape index (κ2) is 7.32. The summed E-state index contributed by atoms with van der Waals surface area (Å²) in [5, 5.41) is 12.8. The van der Waals surface area contributed by atoms with Crippen molar-refractivity contribution in [3.63, 3.8) is 0 Å². The number of benzene rings is 2. The maximum atomic E-state index is 12.3. The lowest BCUT2D eigenvalue weighted by Crippen LogP contribution is -2.12. The molecule has 2 aromatic carbocycles. The zero-order valence-corrected chi connectivity index (χ0v) is 15.5. The number of anilines is 2. The number of rotatable bonds is 6. The van der Waals surface area contributed by atoms with Crippen LogP contribution in [0, 0.1) is 10.1 Å². The largest absolute Gasteiger partial charge is 0.393 e. The fraction of sp³-hybridized carbons (Fsp3) is 0. The summed E-state index contributed by atoms with van der Waals surface area (Å²) in [6.07, 6.45) is 1.51. The van der Waals surface area contributed by atoms with Gasteiger partial charge in [0, 0.05) is 27.4 Å². The van der Waals surface area contributed by atoms with Gasteiger partial charge in [-0.15, -0.1) is 11.3 Å². The minimum atomic E-state index is -3.70. The Bertz CT molecular complexity index is 1040. The number of nitrogens with two attached hydrogens (primary N) is 1.